The topological polar surface area (TPSA) is 79.5 Å². The van der Waals surface area contributed by atoms with Gasteiger partial charge >= 0.3 is 5.97 Å². The van der Waals surface area contributed by atoms with Gasteiger partial charge in [0.1, 0.15) is 0 Å². The number of aromatic carboxylic acids is 1. The van der Waals surface area contributed by atoms with Crippen LogP contribution >= 0.6 is 11.8 Å². The molecule has 1 unspecified atom stereocenters. The number of carbonyl (C=O) groups is 1. The Morgan fingerprint density at radius 2 is 2.47 bits per heavy atom. The van der Waals surface area contributed by atoms with E-state index in [4.69, 9.17) is 10.8 Å². The SMILES string of the molecule is CN(c1ncc(C(=O)O)cc1N)C1CCSC1. The molecule has 0 bridgehead atoms. The fourth-order valence-electron chi connectivity index (χ4n) is 1.89. The van der Waals surface area contributed by atoms with Crippen LogP contribution < -0.4 is 10.6 Å². The number of hydrogen-bond acceptors (Lipinski definition) is 5. The summed E-state index contributed by atoms with van der Waals surface area (Å²) in [7, 11) is 1.95. The van der Waals surface area contributed by atoms with Crippen LogP contribution in [0.3, 0.4) is 0 Å². The number of carboxylic acids is 1. The van der Waals surface area contributed by atoms with Crippen LogP contribution in [0.4, 0.5) is 11.5 Å². The highest BCUT2D eigenvalue weighted by molar-refractivity contribution is 7.99. The molecule has 0 aliphatic carbocycles. The third-order valence-corrected chi connectivity index (χ3v) is 4.07. The van der Waals surface area contributed by atoms with Crippen LogP contribution in [-0.4, -0.2) is 40.7 Å². The Balaban J connectivity index is 2.23. The Hall–Kier alpha value is -1.43. The van der Waals surface area contributed by atoms with E-state index < -0.39 is 5.97 Å². The quantitative estimate of drug-likeness (QED) is 0.845. The van der Waals surface area contributed by atoms with Crippen LogP contribution in [0.5, 0.6) is 0 Å². The lowest BCUT2D eigenvalue weighted by atomic mass is 10.2. The molecule has 0 radical (unpaired) electrons. The van der Waals surface area contributed by atoms with Gasteiger partial charge in [-0.3, -0.25) is 0 Å². The highest BCUT2D eigenvalue weighted by Crippen LogP contribution is 2.28. The number of nitrogen functional groups attached to an aromatic ring is 1. The summed E-state index contributed by atoms with van der Waals surface area (Å²) in [6, 6.07) is 1.90. The lowest BCUT2D eigenvalue weighted by Crippen LogP contribution is -2.32. The number of nitrogens with two attached hydrogens (primary N) is 1. The predicted molar refractivity (Wildman–Crippen MR) is 69.7 cm³/mol. The summed E-state index contributed by atoms with van der Waals surface area (Å²) in [6.07, 6.45) is 2.47. The Labute approximate surface area is 104 Å². The van der Waals surface area contributed by atoms with Gasteiger partial charge in [0.25, 0.3) is 0 Å². The highest BCUT2D eigenvalue weighted by atomic mass is 32.2. The van der Waals surface area contributed by atoms with Gasteiger partial charge in [0.05, 0.1) is 11.3 Å². The molecular weight excluding hydrogens is 238 g/mol. The molecule has 0 saturated carbocycles. The molecule has 2 heterocycles. The fraction of sp³-hybridized carbons (Fsp3) is 0.455. The van der Waals surface area contributed by atoms with Crippen LogP contribution in [-0.2, 0) is 0 Å². The number of pyridine rings is 1. The summed E-state index contributed by atoms with van der Waals surface area (Å²) in [5.74, 6) is 1.89. The van der Waals surface area contributed by atoms with Crippen molar-refractivity contribution in [2.75, 3.05) is 29.2 Å². The number of anilines is 2. The number of thioether (sulfide) groups is 1. The highest BCUT2D eigenvalue weighted by Gasteiger charge is 2.22. The summed E-state index contributed by atoms with van der Waals surface area (Å²) < 4.78 is 0. The zero-order valence-electron chi connectivity index (χ0n) is 9.59. The van der Waals surface area contributed by atoms with Crippen molar-refractivity contribution in [3.05, 3.63) is 17.8 Å². The largest absolute Gasteiger partial charge is 0.478 e. The molecule has 92 valence electrons. The lowest BCUT2D eigenvalue weighted by molar-refractivity contribution is 0.0696. The Morgan fingerprint density at radius 1 is 1.71 bits per heavy atom. The number of rotatable bonds is 3. The van der Waals surface area contributed by atoms with E-state index in [9.17, 15) is 4.79 Å². The fourth-order valence-corrected chi connectivity index (χ4v) is 3.15. The van der Waals surface area contributed by atoms with Crippen molar-refractivity contribution < 1.29 is 9.90 Å². The van der Waals surface area contributed by atoms with Gasteiger partial charge < -0.3 is 15.7 Å². The maximum absolute atomic E-state index is 10.8. The second-order valence-corrected chi connectivity index (χ2v) is 5.22. The third-order valence-electron chi connectivity index (χ3n) is 2.93. The number of aromatic nitrogens is 1. The Bertz CT molecular complexity index is 433. The summed E-state index contributed by atoms with van der Waals surface area (Å²) >= 11 is 1.91. The van der Waals surface area contributed by atoms with E-state index in [2.05, 4.69) is 4.98 Å². The molecule has 0 amide bonds. The molecule has 5 nitrogen and oxygen atoms in total. The van der Waals surface area contributed by atoms with Gasteiger partial charge in [0.15, 0.2) is 5.82 Å². The molecule has 1 fully saturated rings. The van der Waals surface area contributed by atoms with Crippen LogP contribution in [0.1, 0.15) is 16.8 Å². The minimum atomic E-state index is -1.00. The molecule has 17 heavy (non-hydrogen) atoms. The van der Waals surface area contributed by atoms with Gasteiger partial charge in [-0.05, 0) is 18.2 Å². The van der Waals surface area contributed by atoms with E-state index in [1.165, 1.54) is 12.3 Å². The standard InChI is InChI=1S/C11H15N3O2S/c1-14(8-2-3-17-6-8)10-9(12)4-7(5-13-10)11(15)16/h4-5,8H,2-3,6,12H2,1H3,(H,15,16). The van der Waals surface area contributed by atoms with Gasteiger partial charge in [-0.1, -0.05) is 0 Å². The van der Waals surface area contributed by atoms with Gasteiger partial charge in [-0.2, -0.15) is 11.8 Å². The lowest BCUT2D eigenvalue weighted by Gasteiger charge is -2.26. The first kappa shape index (κ1) is 12.0. The number of hydrogen-bond donors (Lipinski definition) is 2. The van der Waals surface area contributed by atoms with Crippen LogP contribution in [0.25, 0.3) is 0 Å². The minimum absolute atomic E-state index is 0.125. The average molecular weight is 253 g/mol. The van der Waals surface area contributed by atoms with Crippen molar-refractivity contribution in [3.63, 3.8) is 0 Å². The molecule has 1 aliphatic heterocycles. The first-order valence-electron chi connectivity index (χ1n) is 5.39. The Kier molecular flexibility index (Phi) is 3.42. The number of carboxylic acid groups (broad SMARTS) is 1. The molecule has 1 aromatic rings. The summed E-state index contributed by atoms with van der Waals surface area (Å²) in [6.45, 7) is 0. The first-order chi connectivity index (χ1) is 8.09. The summed E-state index contributed by atoms with van der Waals surface area (Å²) in [4.78, 5) is 17.0. The van der Waals surface area contributed by atoms with E-state index in [1.807, 2.05) is 23.7 Å². The zero-order valence-corrected chi connectivity index (χ0v) is 10.4. The first-order valence-corrected chi connectivity index (χ1v) is 6.54. The van der Waals surface area contributed by atoms with Crippen molar-refractivity contribution in [3.8, 4) is 0 Å². The monoisotopic (exact) mass is 253 g/mol. The van der Waals surface area contributed by atoms with Crippen molar-refractivity contribution in [2.24, 2.45) is 0 Å². The van der Waals surface area contributed by atoms with E-state index >= 15 is 0 Å². The molecule has 1 aromatic heterocycles. The normalized spacial score (nSPS) is 19.2. The smallest absolute Gasteiger partial charge is 0.337 e. The summed E-state index contributed by atoms with van der Waals surface area (Å²) in [5, 5.41) is 8.84. The van der Waals surface area contributed by atoms with E-state index in [-0.39, 0.29) is 5.56 Å². The molecule has 1 atom stereocenters. The van der Waals surface area contributed by atoms with Gasteiger partial charge in [0, 0.05) is 25.0 Å². The van der Waals surface area contributed by atoms with Crippen LogP contribution in [0.2, 0.25) is 0 Å². The number of nitrogens with zero attached hydrogens (tertiary/aromatic N) is 2. The third kappa shape index (κ3) is 2.46. The second-order valence-electron chi connectivity index (χ2n) is 4.07. The maximum Gasteiger partial charge on any atom is 0.337 e. The van der Waals surface area contributed by atoms with E-state index in [0.717, 1.165) is 17.9 Å². The van der Waals surface area contributed by atoms with E-state index in [0.29, 0.717) is 17.5 Å². The molecule has 6 heteroatoms. The molecule has 0 aromatic carbocycles. The molecule has 1 aliphatic rings. The van der Waals surface area contributed by atoms with Crippen LogP contribution in [0.15, 0.2) is 12.3 Å². The van der Waals surface area contributed by atoms with Gasteiger partial charge in [0.2, 0.25) is 0 Å². The van der Waals surface area contributed by atoms with Crippen molar-refractivity contribution in [1.82, 2.24) is 4.98 Å². The van der Waals surface area contributed by atoms with Crippen molar-refractivity contribution in [1.29, 1.82) is 0 Å². The van der Waals surface area contributed by atoms with Gasteiger partial charge in [-0.25, -0.2) is 9.78 Å². The Morgan fingerprint density at radius 3 is 3.00 bits per heavy atom. The van der Waals surface area contributed by atoms with Crippen molar-refractivity contribution >= 4 is 29.2 Å². The average Bonchev–Trinajstić information content (AvgIpc) is 2.81. The molecule has 1 saturated heterocycles. The summed E-state index contributed by atoms with van der Waals surface area (Å²) in [5.41, 5.74) is 6.40. The minimum Gasteiger partial charge on any atom is -0.478 e. The van der Waals surface area contributed by atoms with Crippen molar-refractivity contribution in [2.45, 2.75) is 12.5 Å². The van der Waals surface area contributed by atoms with Crippen LogP contribution in [0, 0.1) is 0 Å². The zero-order chi connectivity index (χ0) is 12.4. The predicted octanol–water partition coefficient (Wildman–Crippen LogP) is 1.30. The molecule has 0 spiro atoms. The molecule has 3 N–H and O–H groups in total. The second kappa shape index (κ2) is 4.83. The maximum atomic E-state index is 10.8. The van der Waals surface area contributed by atoms with E-state index in [1.54, 1.807) is 0 Å². The van der Waals surface area contributed by atoms with Gasteiger partial charge in [-0.15, -0.1) is 0 Å². The molecular formula is C11H15N3O2S. The molecule has 2 rings (SSSR count).